The van der Waals surface area contributed by atoms with Crippen LogP contribution in [0.1, 0.15) is 21.9 Å². The first-order valence-corrected chi connectivity index (χ1v) is 10.5. The molecule has 0 saturated carbocycles. The molecule has 4 rings (SSSR count). The number of carbonyl (C=O) groups excluding carboxylic acids is 1. The lowest BCUT2D eigenvalue weighted by Gasteiger charge is -2.09. The van der Waals surface area contributed by atoms with E-state index < -0.39 is 5.91 Å². The van der Waals surface area contributed by atoms with Crippen molar-refractivity contribution >= 4 is 46.5 Å². The maximum atomic E-state index is 13.0. The van der Waals surface area contributed by atoms with Gasteiger partial charge in [-0.25, -0.2) is 4.39 Å². The first-order chi connectivity index (χ1) is 15.4. The van der Waals surface area contributed by atoms with E-state index in [-0.39, 0.29) is 34.0 Å². The molecule has 1 N–H and O–H groups in total. The fourth-order valence-corrected chi connectivity index (χ4v) is 3.78. The second-order valence-corrected chi connectivity index (χ2v) is 7.98. The Morgan fingerprint density at radius 1 is 1.06 bits per heavy atom. The number of amides is 1. The molecular formula is C22H15Cl3FN3O3. The van der Waals surface area contributed by atoms with Crippen LogP contribution in [-0.4, -0.2) is 15.7 Å². The molecule has 32 heavy (non-hydrogen) atoms. The molecule has 0 aliphatic carbocycles. The molecule has 1 amide bonds. The molecule has 0 spiro atoms. The SMILES string of the molecule is O=C(Nc1ccn(Cc2ccc(F)cc2)n1)c1ccc(COc2c(Cl)cc(Cl)cc2Cl)o1. The predicted octanol–water partition coefficient (Wildman–Crippen LogP) is 6.46. The number of nitrogens with zero attached hydrogens (tertiary/aromatic N) is 2. The van der Waals surface area contributed by atoms with Gasteiger partial charge in [-0.3, -0.25) is 9.48 Å². The van der Waals surface area contributed by atoms with Crippen LogP contribution in [0.4, 0.5) is 10.2 Å². The predicted molar refractivity (Wildman–Crippen MR) is 120 cm³/mol. The highest BCUT2D eigenvalue weighted by Gasteiger charge is 2.15. The van der Waals surface area contributed by atoms with Gasteiger partial charge in [0.05, 0.1) is 16.6 Å². The van der Waals surface area contributed by atoms with Crippen molar-refractivity contribution in [1.29, 1.82) is 0 Å². The van der Waals surface area contributed by atoms with E-state index in [1.165, 1.54) is 30.3 Å². The highest BCUT2D eigenvalue weighted by Crippen LogP contribution is 2.36. The molecule has 0 radical (unpaired) electrons. The van der Waals surface area contributed by atoms with Crippen molar-refractivity contribution < 1.29 is 18.3 Å². The minimum atomic E-state index is -0.467. The van der Waals surface area contributed by atoms with Crippen molar-refractivity contribution in [2.45, 2.75) is 13.2 Å². The highest BCUT2D eigenvalue weighted by molar-refractivity contribution is 6.40. The summed E-state index contributed by atoms with van der Waals surface area (Å²) >= 11 is 18.1. The summed E-state index contributed by atoms with van der Waals surface area (Å²) in [5, 5.41) is 7.88. The standard InChI is InChI=1S/C22H15Cl3FN3O3/c23-14-9-17(24)21(18(25)10-14)31-12-16-5-6-19(32-16)22(30)27-20-7-8-29(28-20)11-13-1-3-15(26)4-2-13/h1-10H,11-12H2,(H,27,28,30). The van der Waals surface area contributed by atoms with Crippen molar-refractivity contribution in [2.24, 2.45) is 0 Å². The Labute approximate surface area is 197 Å². The topological polar surface area (TPSA) is 69.3 Å². The molecule has 0 aliphatic rings. The minimum absolute atomic E-state index is 0.0145. The third-order valence-corrected chi connectivity index (χ3v) is 5.13. The van der Waals surface area contributed by atoms with Crippen LogP contribution >= 0.6 is 34.8 Å². The summed E-state index contributed by atoms with van der Waals surface area (Å²) in [5.74, 6) is 0.345. The molecule has 0 atom stereocenters. The summed E-state index contributed by atoms with van der Waals surface area (Å²) in [6, 6.07) is 13.9. The summed E-state index contributed by atoms with van der Waals surface area (Å²) < 4.78 is 25.8. The maximum absolute atomic E-state index is 13.0. The third kappa shape index (κ3) is 5.43. The Hall–Kier alpha value is -3.00. The smallest absolute Gasteiger partial charge is 0.292 e. The van der Waals surface area contributed by atoms with Gasteiger partial charge in [0.25, 0.3) is 5.91 Å². The lowest BCUT2D eigenvalue weighted by atomic mass is 10.2. The van der Waals surface area contributed by atoms with E-state index in [0.29, 0.717) is 23.1 Å². The number of ether oxygens (including phenoxy) is 1. The Kier molecular flexibility index (Phi) is 6.69. The van der Waals surface area contributed by atoms with Crippen molar-refractivity contribution in [3.8, 4) is 5.75 Å². The van der Waals surface area contributed by atoms with Crippen molar-refractivity contribution in [2.75, 3.05) is 5.32 Å². The Balaban J connectivity index is 1.35. The van der Waals surface area contributed by atoms with Gasteiger partial charge < -0.3 is 14.5 Å². The first kappa shape index (κ1) is 22.2. The zero-order valence-electron chi connectivity index (χ0n) is 16.3. The number of hydrogen-bond acceptors (Lipinski definition) is 4. The van der Waals surface area contributed by atoms with Crippen LogP contribution in [0.15, 0.2) is 65.2 Å². The number of furan rings is 1. The number of nitrogens with one attached hydrogen (secondary N) is 1. The molecular weight excluding hydrogens is 480 g/mol. The van der Waals surface area contributed by atoms with Crippen molar-refractivity contribution in [3.63, 3.8) is 0 Å². The van der Waals surface area contributed by atoms with Crippen molar-refractivity contribution in [3.05, 3.63) is 98.8 Å². The first-order valence-electron chi connectivity index (χ1n) is 9.33. The zero-order chi connectivity index (χ0) is 22.7. The highest BCUT2D eigenvalue weighted by atomic mass is 35.5. The summed E-state index contributed by atoms with van der Waals surface area (Å²) in [5.41, 5.74) is 0.879. The molecule has 164 valence electrons. The summed E-state index contributed by atoms with van der Waals surface area (Å²) in [6.45, 7) is 0.453. The Bertz CT molecular complexity index is 1230. The van der Waals surface area contributed by atoms with Crippen LogP contribution < -0.4 is 10.1 Å². The quantitative estimate of drug-likeness (QED) is 0.320. The molecule has 0 aliphatic heterocycles. The van der Waals surface area contributed by atoms with Crippen molar-refractivity contribution in [1.82, 2.24) is 9.78 Å². The monoisotopic (exact) mass is 493 g/mol. The number of hydrogen-bond donors (Lipinski definition) is 1. The minimum Gasteiger partial charge on any atom is -0.483 e. The van der Waals surface area contributed by atoms with Crippen LogP contribution in [0, 0.1) is 5.82 Å². The average Bonchev–Trinajstić information content (AvgIpc) is 3.38. The number of benzene rings is 2. The van der Waals surface area contributed by atoms with E-state index in [0.717, 1.165) is 5.56 Å². The van der Waals surface area contributed by atoms with Crippen LogP contribution in [0.25, 0.3) is 0 Å². The van der Waals surface area contributed by atoms with E-state index >= 15 is 0 Å². The van der Waals surface area contributed by atoms with Gasteiger partial charge in [0.2, 0.25) is 0 Å². The van der Waals surface area contributed by atoms with Gasteiger partial charge >= 0.3 is 0 Å². The van der Waals surface area contributed by atoms with Gasteiger partial charge in [0, 0.05) is 17.3 Å². The van der Waals surface area contributed by atoms with Gasteiger partial charge in [-0.05, 0) is 42.0 Å². The molecule has 2 heterocycles. The van der Waals surface area contributed by atoms with E-state index in [9.17, 15) is 9.18 Å². The molecule has 2 aromatic heterocycles. The molecule has 2 aromatic carbocycles. The fraction of sp³-hybridized carbons (Fsp3) is 0.0909. The second-order valence-electron chi connectivity index (χ2n) is 6.73. The number of carbonyl (C=O) groups is 1. The summed E-state index contributed by atoms with van der Waals surface area (Å²) in [6.07, 6.45) is 1.71. The third-order valence-electron chi connectivity index (χ3n) is 4.35. The van der Waals surface area contributed by atoms with Gasteiger partial charge in [-0.2, -0.15) is 5.10 Å². The van der Waals surface area contributed by atoms with E-state index in [4.69, 9.17) is 44.0 Å². The van der Waals surface area contributed by atoms with Crippen LogP contribution in [0.2, 0.25) is 15.1 Å². The second kappa shape index (κ2) is 9.65. The summed E-state index contributed by atoms with van der Waals surface area (Å²) in [4.78, 5) is 12.5. The molecule has 0 saturated heterocycles. The number of halogens is 4. The zero-order valence-corrected chi connectivity index (χ0v) is 18.6. The van der Waals surface area contributed by atoms with Crippen LogP contribution in [0.3, 0.4) is 0 Å². The molecule has 10 heteroatoms. The Morgan fingerprint density at radius 2 is 1.78 bits per heavy atom. The molecule has 0 fully saturated rings. The number of rotatable bonds is 7. The number of anilines is 1. The number of aromatic nitrogens is 2. The Morgan fingerprint density at radius 3 is 2.50 bits per heavy atom. The van der Waals surface area contributed by atoms with Crippen LogP contribution in [0.5, 0.6) is 5.75 Å². The van der Waals surface area contributed by atoms with Gasteiger partial charge in [-0.15, -0.1) is 0 Å². The van der Waals surface area contributed by atoms with E-state index in [2.05, 4.69) is 10.4 Å². The normalized spacial score (nSPS) is 10.9. The molecule has 4 aromatic rings. The van der Waals surface area contributed by atoms with Crippen LogP contribution in [-0.2, 0) is 13.2 Å². The molecule has 0 unspecified atom stereocenters. The maximum Gasteiger partial charge on any atom is 0.292 e. The lowest BCUT2D eigenvalue weighted by Crippen LogP contribution is -2.12. The summed E-state index contributed by atoms with van der Waals surface area (Å²) in [7, 11) is 0. The van der Waals surface area contributed by atoms with Gasteiger partial charge in [0.1, 0.15) is 18.2 Å². The molecule has 0 bridgehead atoms. The molecule has 6 nitrogen and oxygen atoms in total. The van der Waals surface area contributed by atoms with Gasteiger partial charge in [0.15, 0.2) is 17.3 Å². The lowest BCUT2D eigenvalue weighted by molar-refractivity contribution is 0.0992. The van der Waals surface area contributed by atoms with E-state index in [1.54, 1.807) is 35.1 Å². The van der Waals surface area contributed by atoms with Gasteiger partial charge in [-0.1, -0.05) is 46.9 Å². The fourth-order valence-electron chi connectivity index (χ4n) is 2.86. The average molecular weight is 495 g/mol. The van der Waals surface area contributed by atoms with E-state index in [1.807, 2.05) is 0 Å². The largest absolute Gasteiger partial charge is 0.483 e.